The Morgan fingerprint density at radius 1 is 1.43 bits per heavy atom. The van der Waals surface area contributed by atoms with Gasteiger partial charge < -0.3 is 9.84 Å². The van der Waals surface area contributed by atoms with E-state index < -0.39 is 5.60 Å². The summed E-state index contributed by atoms with van der Waals surface area (Å²) in [5, 5.41) is 10.5. The van der Waals surface area contributed by atoms with Crippen molar-refractivity contribution in [1.82, 2.24) is 0 Å². The molecule has 0 amide bonds. The zero-order valence-corrected chi connectivity index (χ0v) is 9.18. The van der Waals surface area contributed by atoms with Gasteiger partial charge in [-0.3, -0.25) is 0 Å². The molecule has 1 fully saturated rings. The number of hydrogen-bond donors (Lipinski definition) is 1. The van der Waals surface area contributed by atoms with Crippen molar-refractivity contribution in [3.8, 4) is 0 Å². The molecule has 0 aromatic rings. The summed E-state index contributed by atoms with van der Waals surface area (Å²) in [7, 11) is 1.71. The third-order valence-corrected chi connectivity index (χ3v) is 3.90. The third kappa shape index (κ3) is 1.41. The first-order valence-electron chi connectivity index (χ1n) is 5.59. The number of methoxy groups -OCH3 is 1. The Morgan fingerprint density at radius 3 is 2.57 bits per heavy atom. The Kier molecular flexibility index (Phi) is 2.44. The molecule has 2 aliphatic rings. The summed E-state index contributed by atoms with van der Waals surface area (Å²) >= 11 is 0. The standard InChI is InChI=1S/C12H20O2/c1-11(13,12(14-2)8-9-12)10-6-4-3-5-7-10/h6,13H,3-5,7-9H2,1-2H3. The number of hydrogen-bond acceptors (Lipinski definition) is 2. The van der Waals surface area contributed by atoms with E-state index in [0.29, 0.717) is 0 Å². The second kappa shape index (κ2) is 3.35. The monoisotopic (exact) mass is 196 g/mol. The van der Waals surface area contributed by atoms with Gasteiger partial charge in [-0.15, -0.1) is 0 Å². The van der Waals surface area contributed by atoms with Gasteiger partial charge in [0, 0.05) is 7.11 Å². The average molecular weight is 196 g/mol. The Labute approximate surface area is 86.0 Å². The quantitative estimate of drug-likeness (QED) is 0.702. The summed E-state index contributed by atoms with van der Waals surface area (Å²) in [6.45, 7) is 1.92. The lowest BCUT2D eigenvalue weighted by Crippen LogP contribution is -2.45. The van der Waals surface area contributed by atoms with Gasteiger partial charge in [0.15, 0.2) is 0 Å². The van der Waals surface area contributed by atoms with E-state index in [1.807, 2.05) is 6.92 Å². The molecule has 0 aliphatic heterocycles. The number of allylic oxidation sites excluding steroid dienone is 1. The summed E-state index contributed by atoms with van der Waals surface area (Å²) in [5.41, 5.74) is 0.196. The van der Waals surface area contributed by atoms with Gasteiger partial charge in [0.1, 0.15) is 11.2 Å². The Bertz CT molecular complexity index is 249. The summed E-state index contributed by atoms with van der Waals surface area (Å²) < 4.78 is 5.48. The van der Waals surface area contributed by atoms with Gasteiger partial charge in [-0.05, 0) is 51.0 Å². The minimum Gasteiger partial charge on any atom is -0.383 e. The molecule has 1 saturated carbocycles. The molecule has 0 aromatic heterocycles. The molecular weight excluding hydrogens is 176 g/mol. The average Bonchev–Trinajstić information content (AvgIpc) is 3.00. The highest BCUT2D eigenvalue weighted by Gasteiger charge is 2.58. The van der Waals surface area contributed by atoms with Crippen LogP contribution in [0, 0.1) is 0 Å². The van der Waals surface area contributed by atoms with Gasteiger partial charge in [-0.1, -0.05) is 6.08 Å². The highest BCUT2D eigenvalue weighted by molar-refractivity contribution is 5.28. The number of ether oxygens (including phenoxy) is 1. The molecule has 14 heavy (non-hydrogen) atoms. The van der Waals surface area contributed by atoms with Gasteiger partial charge >= 0.3 is 0 Å². The van der Waals surface area contributed by atoms with E-state index in [1.165, 1.54) is 18.4 Å². The van der Waals surface area contributed by atoms with Gasteiger partial charge in [-0.2, -0.15) is 0 Å². The summed E-state index contributed by atoms with van der Waals surface area (Å²) in [5.74, 6) is 0. The van der Waals surface area contributed by atoms with Crippen molar-refractivity contribution in [2.75, 3.05) is 7.11 Å². The number of rotatable bonds is 3. The van der Waals surface area contributed by atoms with Crippen molar-refractivity contribution < 1.29 is 9.84 Å². The fourth-order valence-electron chi connectivity index (χ4n) is 2.58. The van der Waals surface area contributed by atoms with Gasteiger partial charge in [0.05, 0.1) is 0 Å². The van der Waals surface area contributed by atoms with Crippen LogP contribution in [0.1, 0.15) is 45.4 Å². The maximum Gasteiger partial charge on any atom is 0.112 e. The summed E-state index contributed by atoms with van der Waals surface area (Å²) in [4.78, 5) is 0. The highest BCUT2D eigenvalue weighted by Crippen LogP contribution is 2.52. The van der Waals surface area contributed by atoms with Crippen molar-refractivity contribution in [2.45, 2.75) is 56.7 Å². The second-order valence-corrected chi connectivity index (χ2v) is 4.75. The molecule has 0 saturated heterocycles. The van der Waals surface area contributed by atoms with Crippen LogP contribution in [-0.4, -0.2) is 23.4 Å². The molecule has 2 heteroatoms. The minimum absolute atomic E-state index is 0.268. The Balaban J connectivity index is 2.18. The second-order valence-electron chi connectivity index (χ2n) is 4.75. The van der Waals surface area contributed by atoms with Crippen molar-refractivity contribution in [3.63, 3.8) is 0 Å². The van der Waals surface area contributed by atoms with Crippen molar-refractivity contribution >= 4 is 0 Å². The Morgan fingerprint density at radius 2 is 2.14 bits per heavy atom. The predicted molar refractivity (Wildman–Crippen MR) is 56.1 cm³/mol. The minimum atomic E-state index is -0.734. The smallest absolute Gasteiger partial charge is 0.112 e. The van der Waals surface area contributed by atoms with Crippen molar-refractivity contribution in [1.29, 1.82) is 0 Å². The fraction of sp³-hybridized carbons (Fsp3) is 0.833. The van der Waals surface area contributed by atoms with E-state index in [0.717, 1.165) is 25.7 Å². The molecule has 1 N–H and O–H groups in total. The van der Waals surface area contributed by atoms with Gasteiger partial charge in [-0.25, -0.2) is 0 Å². The normalized spacial score (nSPS) is 29.2. The maximum atomic E-state index is 10.5. The molecule has 80 valence electrons. The molecule has 0 aromatic carbocycles. The first-order valence-corrected chi connectivity index (χ1v) is 5.59. The summed E-state index contributed by atoms with van der Waals surface area (Å²) in [6.07, 6.45) is 8.83. The zero-order chi connectivity index (χ0) is 10.2. The molecule has 1 atom stereocenters. The third-order valence-electron chi connectivity index (χ3n) is 3.90. The van der Waals surface area contributed by atoms with E-state index >= 15 is 0 Å². The topological polar surface area (TPSA) is 29.5 Å². The molecule has 0 spiro atoms. The first kappa shape index (κ1) is 10.2. The molecule has 2 nitrogen and oxygen atoms in total. The summed E-state index contributed by atoms with van der Waals surface area (Å²) in [6, 6.07) is 0. The molecular formula is C12H20O2. The van der Waals surface area contributed by atoms with E-state index in [-0.39, 0.29) is 5.60 Å². The predicted octanol–water partition coefficient (Wildman–Crippen LogP) is 2.42. The lowest BCUT2D eigenvalue weighted by molar-refractivity contribution is -0.0794. The largest absolute Gasteiger partial charge is 0.383 e. The molecule has 0 bridgehead atoms. The highest BCUT2D eigenvalue weighted by atomic mass is 16.5. The van der Waals surface area contributed by atoms with Crippen LogP contribution < -0.4 is 0 Å². The Hall–Kier alpha value is -0.340. The van der Waals surface area contributed by atoms with Crippen molar-refractivity contribution in [3.05, 3.63) is 11.6 Å². The lowest BCUT2D eigenvalue weighted by Gasteiger charge is -2.36. The van der Waals surface area contributed by atoms with Crippen LogP contribution in [0.3, 0.4) is 0 Å². The van der Waals surface area contributed by atoms with E-state index in [9.17, 15) is 5.11 Å². The zero-order valence-electron chi connectivity index (χ0n) is 9.18. The van der Waals surface area contributed by atoms with Crippen LogP contribution in [0.15, 0.2) is 11.6 Å². The van der Waals surface area contributed by atoms with E-state index in [2.05, 4.69) is 6.08 Å². The van der Waals surface area contributed by atoms with Crippen LogP contribution in [-0.2, 0) is 4.74 Å². The van der Waals surface area contributed by atoms with Crippen LogP contribution in [0.5, 0.6) is 0 Å². The molecule has 0 heterocycles. The van der Waals surface area contributed by atoms with E-state index in [4.69, 9.17) is 4.74 Å². The van der Waals surface area contributed by atoms with E-state index in [1.54, 1.807) is 7.11 Å². The molecule has 2 rings (SSSR count). The molecule has 2 aliphatic carbocycles. The molecule has 0 radical (unpaired) electrons. The van der Waals surface area contributed by atoms with Gasteiger partial charge in [0.2, 0.25) is 0 Å². The van der Waals surface area contributed by atoms with Crippen LogP contribution >= 0.6 is 0 Å². The van der Waals surface area contributed by atoms with Crippen LogP contribution in [0.4, 0.5) is 0 Å². The first-order chi connectivity index (χ1) is 6.62. The van der Waals surface area contributed by atoms with Gasteiger partial charge in [0.25, 0.3) is 0 Å². The lowest BCUT2D eigenvalue weighted by atomic mass is 9.81. The SMILES string of the molecule is COC1(C(C)(O)C2=CCCCC2)CC1. The van der Waals surface area contributed by atoms with Crippen molar-refractivity contribution in [2.24, 2.45) is 0 Å². The van der Waals surface area contributed by atoms with Crippen LogP contribution in [0.25, 0.3) is 0 Å². The number of aliphatic hydroxyl groups is 1. The van der Waals surface area contributed by atoms with Crippen LogP contribution in [0.2, 0.25) is 0 Å². The fourth-order valence-corrected chi connectivity index (χ4v) is 2.58. The maximum absolute atomic E-state index is 10.5. The molecule has 1 unspecified atom stereocenters.